The average Bonchev–Trinajstić information content (AvgIpc) is 2.11. The molecule has 0 amide bonds. The average molecular weight is 212 g/mol. The van der Waals surface area contributed by atoms with Crippen LogP contribution in [-0.4, -0.2) is 22.4 Å². The van der Waals surface area contributed by atoms with Crippen LogP contribution in [0, 0.1) is 5.41 Å². The van der Waals surface area contributed by atoms with Crippen molar-refractivity contribution in [2.75, 3.05) is 0 Å². The lowest BCUT2D eigenvalue weighted by Gasteiger charge is -2.39. The Kier molecular flexibility index (Phi) is 3.96. The van der Waals surface area contributed by atoms with Gasteiger partial charge >= 0.3 is 0 Å². The summed E-state index contributed by atoms with van der Waals surface area (Å²) in [6, 6.07) is 0. The molecular formula is C13H24O2. The molecule has 1 rings (SSSR count). The molecule has 88 valence electrons. The van der Waals surface area contributed by atoms with Gasteiger partial charge in [-0.25, -0.2) is 0 Å². The Labute approximate surface area is 93.0 Å². The summed E-state index contributed by atoms with van der Waals surface area (Å²) in [5.74, 6) is 0. The van der Waals surface area contributed by atoms with E-state index in [1.807, 2.05) is 6.92 Å². The molecule has 15 heavy (non-hydrogen) atoms. The van der Waals surface area contributed by atoms with Gasteiger partial charge < -0.3 is 10.2 Å². The van der Waals surface area contributed by atoms with E-state index in [0.29, 0.717) is 0 Å². The van der Waals surface area contributed by atoms with Gasteiger partial charge in [0.2, 0.25) is 0 Å². The van der Waals surface area contributed by atoms with Gasteiger partial charge in [0.25, 0.3) is 0 Å². The highest BCUT2D eigenvalue weighted by molar-refractivity contribution is 5.24. The van der Waals surface area contributed by atoms with E-state index in [-0.39, 0.29) is 17.6 Å². The van der Waals surface area contributed by atoms with Gasteiger partial charge in [-0.1, -0.05) is 25.0 Å². The molecule has 0 aliphatic heterocycles. The molecule has 0 bridgehead atoms. The number of hydrogen-bond donors (Lipinski definition) is 2. The molecule has 0 saturated carbocycles. The van der Waals surface area contributed by atoms with Gasteiger partial charge in [-0.05, 0) is 39.5 Å². The second kappa shape index (κ2) is 4.67. The maximum absolute atomic E-state index is 9.99. The molecule has 2 atom stereocenters. The Morgan fingerprint density at radius 3 is 2.60 bits per heavy atom. The molecule has 0 unspecified atom stereocenters. The highest BCUT2D eigenvalue weighted by atomic mass is 16.3. The topological polar surface area (TPSA) is 40.5 Å². The van der Waals surface area contributed by atoms with Crippen molar-refractivity contribution >= 4 is 0 Å². The van der Waals surface area contributed by atoms with Crippen LogP contribution in [0.2, 0.25) is 0 Å². The van der Waals surface area contributed by atoms with Gasteiger partial charge in [-0.3, -0.25) is 0 Å². The summed E-state index contributed by atoms with van der Waals surface area (Å²) in [6.07, 6.45) is 3.10. The Morgan fingerprint density at radius 1 is 1.47 bits per heavy atom. The normalized spacial score (nSPS) is 28.0. The molecule has 2 N–H and O–H groups in total. The van der Waals surface area contributed by atoms with Crippen LogP contribution in [0.4, 0.5) is 0 Å². The summed E-state index contributed by atoms with van der Waals surface area (Å²) in [6.45, 7) is 8.20. The first-order valence-electron chi connectivity index (χ1n) is 5.91. The van der Waals surface area contributed by atoms with Crippen molar-refractivity contribution in [1.82, 2.24) is 0 Å². The molecule has 0 radical (unpaired) electrons. The van der Waals surface area contributed by atoms with E-state index in [0.717, 1.165) is 25.7 Å². The first kappa shape index (κ1) is 12.7. The van der Waals surface area contributed by atoms with Crippen molar-refractivity contribution in [3.8, 4) is 0 Å². The summed E-state index contributed by atoms with van der Waals surface area (Å²) >= 11 is 0. The Morgan fingerprint density at radius 2 is 2.07 bits per heavy atom. The summed E-state index contributed by atoms with van der Waals surface area (Å²) in [4.78, 5) is 0. The first-order chi connectivity index (χ1) is 6.85. The predicted octanol–water partition coefficient (Wildman–Crippen LogP) is 2.64. The van der Waals surface area contributed by atoms with E-state index in [9.17, 15) is 10.2 Å². The quantitative estimate of drug-likeness (QED) is 0.706. The highest BCUT2D eigenvalue weighted by Gasteiger charge is 2.35. The van der Waals surface area contributed by atoms with Gasteiger partial charge in [0, 0.05) is 5.41 Å². The second-order valence-electron chi connectivity index (χ2n) is 5.42. The summed E-state index contributed by atoms with van der Waals surface area (Å²) in [5.41, 5.74) is 2.64. The van der Waals surface area contributed by atoms with Crippen molar-refractivity contribution in [3.63, 3.8) is 0 Å². The fourth-order valence-electron chi connectivity index (χ4n) is 2.50. The summed E-state index contributed by atoms with van der Waals surface area (Å²) < 4.78 is 0. The SMILES string of the molecule is CC1=C(CC[C@H](C)O)C(C)(C)[C@H](O)CC1. The van der Waals surface area contributed by atoms with Gasteiger partial charge in [0.05, 0.1) is 12.2 Å². The fourth-order valence-corrected chi connectivity index (χ4v) is 2.50. The number of aliphatic hydroxyl groups is 2. The number of allylic oxidation sites excluding steroid dienone is 1. The molecule has 1 aliphatic carbocycles. The molecule has 0 aromatic rings. The van der Waals surface area contributed by atoms with E-state index in [1.54, 1.807) is 0 Å². The van der Waals surface area contributed by atoms with Gasteiger partial charge in [-0.2, -0.15) is 0 Å². The zero-order valence-electron chi connectivity index (χ0n) is 10.4. The van der Waals surface area contributed by atoms with Gasteiger partial charge in [0.15, 0.2) is 0 Å². The monoisotopic (exact) mass is 212 g/mol. The fraction of sp³-hybridized carbons (Fsp3) is 0.846. The standard InChI is InChI=1S/C13H24O2/c1-9-5-8-12(15)13(3,4)11(9)7-6-10(2)14/h10,12,14-15H,5-8H2,1-4H3/t10-,12+/m0/s1. The van der Waals surface area contributed by atoms with E-state index in [1.165, 1.54) is 11.1 Å². The van der Waals surface area contributed by atoms with E-state index >= 15 is 0 Å². The number of aliphatic hydroxyl groups excluding tert-OH is 2. The molecule has 2 heteroatoms. The van der Waals surface area contributed by atoms with Crippen molar-refractivity contribution in [2.24, 2.45) is 5.41 Å². The lowest BCUT2D eigenvalue weighted by atomic mass is 9.69. The maximum atomic E-state index is 9.99. The smallest absolute Gasteiger partial charge is 0.0631 e. The molecule has 2 nitrogen and oxygen atoms in total. The molecule has 0 aromatic carbocycles. The molecule has 0 saturated heterocycles. The van der Waals surface area contributed by atoms with Crippen LogP contribution in [-0.2, 0) is 0 Å². The van der Waals surface area contributed by atoms with Gasteiger partial charge in [0.1, 0.15) is 0 Å². The van der Waals surface area contributed by atoms with Crippen LogP contribution in [0.1, 0.15) is 53.4 Å². The number of rotatable bonds is 3. The lowest BCUT2D eigenvalue weighted by Crippen LogP contribution is -2.35. The van der Waals surface area contributed by atoms with E-state index in [4.69, 9.17) is 0 Å². The first-order valence-corrected chi connectivity index (χ1v) is 5.91. The zero-order chi connectivity index (χ0) is 11.6. The molecule has 0 fully saturated rings. The Hall–Kier alpha value is -0.340. The van der Waals surface area contributed by atoms with Crippen molar-refractivity contribution in [1.29, 1.82) is 0 Å². The van der Waals surface area contributed by atoms with E-state index < -0.39 is 0 Å². The van der Waals surface area contributed by atoms with Crippen LogP contribution < -0.4 is 0 Å². The Bertz CT molecular complexity index is 251. The Balaban J connectivity index is 2.80. The van der Waals surface area contributed by atoms with E-state index in [2.05, 4.69) is 20.8 Å². The second-order valence-corrected chi connectivity index (χ2v) is 5.42. The third-order valence-electron chi connectivity index (χ3n) is 3.73. The summed E-state index contributed by atoms with van der Waals surface area (Å²) in [7, 11) is 0. The zero-order valence-corrected chi connectivity index (χ0v) is 10.4. The number of hydrogen-bond acceptors (Lipinski definition) is 2. The predicted molar refractivity (Wildman–Crippen MR) is 62.6 cm³/mol. The molecule has 0 aromatic heterocycles. The molecule has 0 spiro atoms. The molecule has 1 aliphatic rings. The minimum absolute atomic E-state index is 0.114. The third-order valence-corrected chi connectivity index (χ3v) is 3.73. The molecular weight excluding hydrogens is 188 g/mol. The minimum atomic E-state index is -0.250. The van der Waals surface area contributed by atoms with Crippen molar-refractivity contribution in [3.05, 3.63) is 11.1 Å². The van der Waals surface area contributed by atoms with Crippen LogP contribution in [0.25, 0.3) is 0 Å². The minimum Gasteiger partial charge on any atom is -0.393 e. The maximum Gasteiger partial charge on any atom is 0.0631 e. The molecule has 0 heterocycles. The van der Waals surface area contributed by atoms with Crippen LogP contribution in [0.5, 0.6) is 0 Å². The van der Waals surface area contributed by atoms with Crippen LogP contribution >= 0.6 is 0 Å². The van der Waals surface area contributed by atoms with Crippen molar-refractivity contribution in [2.45, 2.75) is 65.6 Å². The summed E-state index contributed by atoms with van der Waals surface area (Å²) in [5, 5.41) is 19.3. The van der Waals surface area contributed by atoms with Crippen LogP contribution in [0.15, 0.2) is 11.1 Å². The van der Waals surface area contributed by atoms with Crippen LogP contribution in [0.3, 0.4) is 0 Å². The van der Waals surface area contributed by atoms with Crippen molar-refractivity contribution < 1.29 is 10.2 Å². The van der Waals surface area contributed by atoms with Gasteiger partial charge in [-0.15, -0.1) is 0 Å². The highest BCUT2D eigenvalue weighted by Crippen LogP contribution is 2.42. The largest absolute Gasteiger partial charge is 0.393 e. The lowest BCUT2D eigenvalue weighted by molar-refractivity contribution is 0.0541. The third kappa shape index (κ3) is 2.82.